The number of rotatable bonds is 2. The van der Waals surface area contributed by atoms with Crippen molar-refractivity contribution in [2.75, 3.05) is 11.9 Å². The topological polar surface area (TPSA) is 35.8 Å². The number of nitrogens with zero attached hydrogens (tertiary/aromatic N) is 1. The Labute approximate surface area is 80.7 Å². The van der Waals surface area contributed by atoms with Crippen molar-refractivity contribution in [3.8, 4) is 6.07 Å². The van der Waals surface area contributed by atoms with E-state index in [0.717, 1.165) is 0 Å². The summed E-state index contributed by atoms with van der Waals surface area (Å²) in [6.07, 6.45) is 0. The van der Waals surface area contributed by atoms with Gasteiger partial charge in [0, 0.05) is 5.02 Å². The first-order valence-corrected chi connectivity index (χ1v) is 4.05. The predicted molar refractivity (Wildman–Crippen MR) is 50.6 cm³/mol. The first-order valence-electron chi connectivity index (χ1n) is 3.30. The summed E-state index contributed by atoms with van der Waals surface area (Å²) in [5.74, 6) is 0. The molecule has 0 aromatic heterocycles. The summed E-state index contributed by atoms with van der Waals surface area (Å²) in [6, 6.07) is 7.01. The van der Waals surface area contributed by atoms with Gasteiger partial charge in [-0.3, -0.25) is 0 Å². The van der Waals surface area contributed by atoms with E-state index in [4.69, 9.17) is 28.5 Å². The molecule has 0 saturated heterocycles. The van der Waals surface area contributed by atoms with Crippen LogP contribution in [0.3, 0.4) is 0 Å². The van der Waals surface area contributed by atoms with E-state index in [9.17, 15) is 0 Å². The molecule has 0 aliphatic heterocycles. The van der Waals surface area contributed by atoms with Crippen molar-refractivity contribution in [1.29, 1.82) is 5.26 Å². The molecule has 0 heterocycles. The fourth-order valence-electron chi connectivity index (χ4n) is 0.768. The van der Waals surface area contributed by atoms with Crippen LogP contribution in [0.4, 0.5) is 5.69 Å². The number of benzene rings is 1. The molecule has 0 atom stereocenters. The van der Waals surface area contributed by atoms with Crippen molar-refractivity contribution in [1.82, 2.24) is 0 Å². The maximum atomic E-state index is 8.30. The lowest BCUT2D eigenvalue weighted by Crippen LogP contribution is -1.98. The van der Waals surface area contributed by atoms with Gasteiger partial charge in [-0.15, -0.1) is 0 Å². The Hall–Kier alpha value is -0.910. The quantitative estimate of drug-likeness (QED) is 0.746. The van der Waals surface area contributed by atoms with E-state index in [1.807, 2.05) is 6.07 Å². The maximum absolute atomic E-state index is 8.30. The van der Waals surface area contributed by atoms with E-state index in [1.54, 1.807) is 18.2 Å². The molecule has 0 saturated carbocycles. The van der Waals surface area contributed by atoms with E-state index in [1.165, 1.54) is 0 Å². The number of nitrogens with one attached hydrogen (secondary N) is 1. The highest BCUT2D eigenvalue weighted by Gasteiger charge is 1.98. The van der Waals surface area contributed by atoms with Crippen molar-refractivity contribution in [2.24, 2.45) is 0 Å². The second-order valence-electron chi connectivity index (χ2n) is 2.14. The molecule has 0 bridgehead atoms. The van der Waals surface area contributed by atoms with E-state index in [0.29, 0.717) is 15.7 Å². The van der Waals surface area contributed by atoms with E-state index in [2.05, 4.69) is 5.32 Å². The highest BCUT2D eigenvalue weighted by atomic mass is 35.5. The van der Waals surface area contributed by atoms with E-state index in [-0.39, 0.29) is 6.54 Å². The fraction of sp³-hybridized carbons (Fsp3) is 0.125. The van der Waals surface area contributed by atoms with Crippen LogP contribution in [0.25, 0.3) is 0 Å². The minimum Gasteiger partial charge on any atom is -0.371 e. The summed E-state index contributed by atoms with van der Waals surface area (Å²) < 4.78 is 0. The number of hydrogen-bond acceptors (Lipinski definition) is 2. The third-order valence-electron chi connectivity index (χ3n) is 1.29. The molecule has 2 nitrogen and oxygen atoms in total. The zero-order chi connectivity index (χ0) is 8.97. The second-order valence-corrected chi connectivity index (χ2v) is 2.98. The van der Waals surface area contributed by atoms with Gasteiger partial charge < -0.3 is 5.32 Å². The Bertz CT molecular complexity index is 317. The summed E-state index contributed by atoms with van der Waals surface area (Å²) in [6.45, 7) is 0.222. The standard InChI is InChI=1S/C8H6Cl2N2/c9-6-1-2-7(10)8(5-6)12-4-3-11/h1-2,5,12H,4H2. The van der Waals surface area contributed by atoms with Crippen LogP contribution in [0.15, 0.2) is 18.2 Å². The van der Waals surface area contributed by atoms with Gasteiger partial charge in [0.2, 0.25) is 0 Å². The van der Waals surface area contributed by atoms with E-state index >= 15 is 0 Å². The first-order chi connectivity index (χ1) is 5.74. The molecule has 0 spiro atoms. The molecule has 1 rings (SSSR count). The van der Waals surface area contributed by atoms with Crippen LogP contribution < -0.4 is 5.32 Å². The minimum absolute atomic E-state index is 0.222. The molecule has 1 N–H and O–H groups in total. The van der Waals surface area contributed by atoms with Crippen LogP contribution in [-0.4, -0.2) is 6.54 Å². The molecule has 1 aromatic carbocycles. The van der Waals surface area contributed by atoms with Crippen LogP contribution in [0.1, 0.15) is 0 Å². The van der Waals surface area contributed by atoms with Crippen molar-refractivity contribution in [3.05, 3.63) is 28.2 Å². The van der Waals surface area contributed by atoms with Crippen LogP contribution in [0, 0.1) is 11.3 Å². The minimum atomic E-state index is 0.222. The molecule has 0 amide bonds. The molecule has 4 heteroatoms. The average molecular weight is 201 g/mol. The Kier molecular flexibility index (Phi) is 3.21. The van der Waals surface area contributed by atoms with Gasteiger partial charge in [-0.25, -0.2) is 0 Å². The highest BCUT2D eigenvalue weighted by Crippen LogP contribution is 2.24. The molecule has 12 heavy (non-hydrogen) atoms. The number of anilines is 1. The number of nitriles is 1. The van der Waals surface area contributed by atoms with Crippen LogP contribution in [-0.2, 0) is 0 Å². The first kappa shape index (κ1) is 9.18. The van der Waals surface area contributed by atoms with Crippen LogP contribution >= 0.6 is 23.2 Å². The fourth-order valence-corrected chi connectivity index (χ4v) is 1.12. The Morgan fingerprint density at radius 1 is 1.42 bits per heavy atom. The Morgan fingerprint density at radius 2 is 2.17 bits per heavy atom. The number of hydrogen-bond donors (Lipinski definition) is 1. The molecule has 1 aromatic rings. The molecule has 0 radical (unpaired) electrons. The number of halogens is 2. The SMILES string of the molecule is N#CCNc1cc(Cl)ccc1Cl. The van der Waals surface area contributed by atoms with Crippen LogP contribution in [0.5, 0.6) is 0 Å². The lowest BCUT2D eigenvalue weighted by atomic mass is 10.3. The average Bonchev–Trinajstić information content (AvgIpc) is 2.07. The monoisotopic (exact) mass is 200 g/mol. The van der Waals surface area contributed by atoms with Crippen molar-refractivity contribution in [2.45, 2.75) is 0 Å². The predicted octanol–water partition coefficient (Wildman–Crippen LogP) is 2.93. The van der Waals surface area contributed by atoms with Gasteiger partial charge in [0.1, 0.15) is 6.54 Å². The molecule has 0 unspecified atom stereocenters. The summed E-state index contributed by atoms with van der Waals surface area (Å²) in [5, 5.41) is 12.3. The van der Waals surface area contributed by atoms with Gasteiger partial charge >= 0.3 is 0 Å². The second kappa shape index (κ2) is 4.20. The summed E-state index contributed by atoms with van der Waals surface area (Å²) >= 11 is 11.5. The van der Waals surface area contributed by atoms with Crippen LogP contribution in [0.2, 0.25) is 10.0 Å². The van der Waals surface area contributed by atoms with Gasteiger partial charge in [0.15, 0.2) is 0 Å². The Balaban J connectivity index is 2.84. The van der Waals surface area contributed by atoms with Gasteiger partial charge in [-0.2, -0.15) is 5.26 Å². The summed E-state index contributed by atoms with van der Waals surface area (Å²) in [5.41, 5.74) is 0.686. The van der Waals surface area contributed by atoms with Gasteiger partial charge in [-0.1, -0.05) is 23.2 Å². The zero-order valence-electron chi connectivity index (χ0n) is 6.14. The molecule has 62 valence electrons. The molecule has 0 aliphatic carbocycles. The lowest BCUT2D eigenvalue weighted by molar-refractivity contribution is 1.32. The highest BCUT2D eigenvalue weighted by molar-refractivity contribution is 6.35. The van der Waals surface area contributed by atoms with Crippen molar-refractivity contribution < 1.29 is 0 Å². The van der Waals surface area contributed by atoms with E-state index < -0.39 is 0 Å². The van der Waals surface area contributed by atoms with Gasteiger partial charge in [0.05, 0.1) is 16.8 Å². The smallest absolute Gasteiger partial charge is 0.103 e. The third kappa shape index (κ3) is 2.30. The van der Waals surface area contributed by atoms with Gasteiger partial charge in [0.25, 0.3) is 0 Å². The summed E-state index contributed by atoms with van der Waals surface area (Å²) in [4.78, 5) is 0. The maximum Gasteiger partial charge on any atom is 0.103 e. The Morgan fingerprint density at radius 3 is 2.83 bits per heavy atom. The van der Waals surface area contributed by atoms with Crippen molar-refractivity contribution >= 4 is 28.9 Å². The molecular weight excluding hydrogens is 195 g/mol. The molecule has 0 fully saturated rings. The van der Waals surface area contributed by atoms with Crippen molar-refractivity contribution in [3.63, 3.8) is 0 Å². The molecular formula is C8H6Cl2N2. The normalized spacial score (nSPS) is 9.08. The van der Waals surface area contributed by atoms with Gasteiger partial charge in [-0.05, 0) is 18.2 Å². The lowest BCUT2D eigenvalue weighted by Gasteiger charge is -2.03. The summed E-state index contributed by atoms with van der Waals surface area (Å²) in [7, 11) is 0. The zero-order valence-corrected chi connectivity index (χ0v) is 7.65. The third-order valence-corrected chi connectivity index (χ3v) is 1.85. The largest absolute Gasteiger partial charge is 0.371 e. The molecule has 0 aliphatic rings.